The highest BCUT2D eigenvalue weighted by Crippen LogP contribution is 2.34. The van der Waals surface area contributed by atoms with Crippen molar-refractivity contribution in [2.24, 2.45) is 5.41 Å². The second-order valence-electron chi connectivity index (χ2n) is 6.37. The van der Waals surface area contributed by atoms with E-state index in [4.69, 9.17) is 15.7 Å². The average molecular weight is 317 g/mol. The van der Waals surface area contributed by atoms with E-state index in [2.05, 4.69) is 21.7 Å². The molecule has 1 aromatic rings. The van der Waals surface area contributed by atoms with Gasteiger partial charge in [0.1, 0.15) is 5.76 Å². The topological polar surface area (TPSA) is 76.4 Å². The molecule has 2 aliphatic rings. The van der Waals surface area contributed by atoms with Gasteiger partial charge >= 0.3 is 0 Å². The van der Waals surface area contributed by atoms with E-state index in [0.717, 1.165) is 50.4 Å². The van der Waals surface area contributed by atoms with Crippen LogP contribution in [-0.2, 0) is 16.0 Å². The third-order valence-corrected chi connectivity index (χ3v) is 4.83. The summed E-state index contributed by atoms with van der Waals surface area (Å²) in [6, 6.07) is 1.98. The first kappa shape index (κ1) is 16.0. The van der Waals surface area contributed by atoms with Crippen LogP contribution in [0.4, 0.5) is 0 Å². The van der Waals surface area contributed by atoms with Crippen molar-refractivity contribution in [1.82, 2.24) is 15.8 Å². The zero-order valence-corrected chi connectivity index (χ0v) is 13.3. The minimum Gasteiger partial charge on any atom is -0.381 e. The van der Waals surface area contributed by atoms with Gasteiger partial charge in [-0.15, -0.1) is 6.42 Å². The fraction of sp³-hybridized carbons (Fsp3) is 0.647. The lowest BCUT2D eigenvalue weighted by molar-refractivity contribution is -0.132. The van der Waals surface area contributed by atoms with Gasteiger partial charge in [-0.25, -0.2) is 0 Å². The summed E-state index contributed by atoms with van der Waals surface area (Å²) in [5.41, 5.74) is 0.469. The largest absolute Gasteiger partial charge is 0.381 e. The molecule has 124 valence electrons. The van der Waals surface area contributed by atoms with Crippen LogP contribution >= 0.6 is 0 Å². The van der Waals surface area contributed by atoms with Gasteiger partial charge in [-0.05, 0) is 32.4 Å². The molecule has 3 rings (SSSR count). The second-order valence-corrected chi connectivity index (χ2v) is 6.37. The first-order valence-electron chi connectivity index (χ1n) is 8.19. The van der Waals surface area contributed by atoms with Crippen molar-refractivity contribution in [3.63, 3.8) is 0 Å². The molecule has 2 fully saturated rings. The molecule has 0 radical (unpaired) electrons. The van der Waals surface area contributed by atoms with E-state index in [9.17, 15) is 4.79 Å². The van der Waals surface area contributed by atoms with E-state index in [0.29, 0.717) is 18.9 Å². The Morgan fingerprint density at radius 1 is 1.52 bits per heavy atom. The van der Waals surface area contributed by atoms with Crippen molar-refractivity contribution in [1.29, 1.82) is 0 Å². The summed E-state index contributed by atoms with van der Waals surface area (Å²) in [5.74, 6) is 3.56. The Kier molecular flexibility index (Phi) is 4.99. The molecule has 0 aromatic carbocycles. The van der Waals surface area contributed by atoms with Gasteiger partial charge in [0, 0.05) is 25.0 Å². The molecule has 2 saturated heterocycles. The fourth-order valence-electron chi connectivity index (χ4n) is 3.41. The standard InChI is InChI=1S/C17H23N3O3/c1-2-6-19-16(21)17(4-7-18-8-5-17)11-14-10-15(20-23-14)13-3-9-22-12-13/h1,10,13,18H,3-9,11-12H2,(H,19,21)/t13-/m0/s1. The van der Waals surface area contributed by atoms with Gasteiger partial charge in [-0.1, -0.05) is 11.1 Å². The Morgan fingerprint density at radius 2 is 2.35 bits per heavy atom. The first-order valence-corrected chi connectivity index (χ1v) is 8.19. The summed E-state index contributed by atoms with van der Waals surface area (Å²) in [6.07, 6.45) is 8.33. The van der Waals surface area contributed by atoms with Gasteiger partial charge in [0.15, 0.2) is 0 Å². The lowest BCUT2D eigenvalue weighted by Gasteiger charge is -2.35. The number of carbonyl (C=O) groups is 1. The molecule has 23 heavy (non-hydrogen) atoms. The summed E-state index contributed by atoms with van der Waals surface area (Å²) < 4.78 is 10.9. The zero-order valence-electron chi connectivity index (χ0n) is 13.3. The molecule has 3 heterocycles. The molecule has 1 aromatic heterocycles. The molecule has 0 spiro atoms. The molecule has 2 aliphatic heterocycles. The Balaban J connectivity index is 1.73. The van der Waals surface area contributed by atoms with Crippen LogP contribution in [0.2, 0.25) is 0 Å². The number of piperidine rings is 1. The number of ether oxygens (including phenoxy) is 1. The molecular weight excluding hydrogens is 294 g/mol. The molecule has 1 atom stereocenters. The predicted octanol–water partition coefficient (Wildman–Crippen LogP) is 0.840. The summed E-state index contributed by atoms with van der Waals surface area (Å²) in [4.78, 5) is 12.6. The molecule has 0 bridgehead atoms. The third-order valence-electron chi connectivity index (χ3n) is 4.83. The maximum atomic E-state index is 12.6. The molecule has 0 unspecified atom stereocenters. The number of nitrogens with one attached hydrogen (secondary N) is 2. The quantitative estimate of drug-likeness (QED) is 0.787. The maximum Gasteiger partial charge on any atom is 0.227 e. The van der Waals surface area contributed by atoms with E-state index in [-0.39, 0.29) is 12.5 Å². The molecule has 6 heteroatoms. The number of aromatic nitrogens is 1. The van der Waals surface area contributed by atoms with Gasteiger partial charge < -0.3 is 19.9 Å². The minimum absolute atomic E-state index is 0.0131. The molecular formula is C17H23N3O3. The Morgan fingerprint density at radius 3 is 3.04 bits per heavy atom. The van der Waals surface area contributed by atoms with Crippen molar-refractivity contribution < 1.29 is 14.1 Å². The Hall–Kier alpha value is -1.84. The number of nitrogens with zero attached hydrogens (tertiary/aromatic N) is 1. The summed E-state index contributed by atoms with van der Waals surface area (Å²) in [5, 5.41) is 10.3. The van der Waals surface area contributed by atoms with Gasteiger partial charge in [-0.2, -0.15) is 0 Å². The van der Waals surface area contributed by atoms with E-state index < -0.39 is 5.41 Å². The van der Waals surface area contributed by atoms with Crippen molar-refractivity contribution >= 4 is 5.91 Å². The Labute approximate surface area is 136 Å². The van der Waals surface area contributed by atoms with Gasteiger partial charge in [0.05, 0.1) is 24.3 Å². The normalized spacial score (nSPS) is 23.3. The van der Waals surface area contributed by atoms with Gasteiger partial charge in [-0.3, -0.25) is 4.79 Å². The first-order chi connectivity index (χ1) is 11.2. The van der Waals surface area contributed by atoms with Crippen molar-refractivity contribution in [2.75, 3.05) is 32.8 Å². The summed E-state index contributed by atoms with van der Waals surface area (Å²) >= 11 is 0. The monoisotopic (exact) mass is 317 g/mol. The SMILES string of the molecule is C#CCNC(=O)C1(Cc2cc([C@H]3CCOC3)no2)CCNCC1. The van der Waals surface area contributed by atoms with Crippen LogP contribution in [0.25, 0.3) is 0 Å². The van der Waals surface area contributed by atoms with E-state index in [1.807, 2.05) is 6.07 Å². The fourth-order valence-corrected chi connectivity index (χ4v) is 3.41. The van der Waals surface area contributed by atoms with E-state index >= 15 is 0 Å². The molecule has 0 saturated carbocycles. The highest BCUT2D eigenvalue weighted by atomic mass is 16.5. The molecule has 6 nitrogen and oxygen atoms in total. The van der Waals surface area contributed by atoms with Crippen molar-refractivity contribution in [2.45, 2.75) is 31.6 Å². The smallest absolute Gasteiger partial charge is 0.227 e. The van der Waals surface area contributed by atoms with Crippen LogP contribution in [0.5, 0.6) is 0 Å². The number of rotatable bonds is 5. The van der Waals surface area contributed by atoms with Crippen LogP contribution in [-0.4, -0.2) is 43.9 Å². The van der Waals surface area contributed by atoms with Crippen LogP contribution < -0.4 is 10.6 Å². The van der Waals surface area contributed by atoms with Crippen LogP contribution in [0, 0.1) is 17.8 Å². The predicted molar refractivity (Wildman–Crippen MR) is 84.8 cm³/mol. The van der Waals surface area contributed by atoms with E-state index in [1.54, 1.807) is 0 Å². The number of hydrogen-bond acceptors (Lipinski definition) is 5. The number of hydrogen-bond donors (Lipinski definition) is 2. The van der Waals surface area contributed by atoms with E-state index in [1.165, 1.54) is 0 Å². The second kappa shape index (κ2) is 7.16. The van der Waals surface area contributed by atoms with Crippen LogP contribution in [0.15, 0.2) is 10.6 Å². The number of terminal acetylenes is 1. The lowest BCUT2D eigenvalue weighted by Crippen LogP contribution is -2.49. The molecule has 1 amide bonds. The third kappa shape index (κ3) is 3.57. The van der Waals surface area contributed by atoms with Gasteiger partial charge in [0.2, 0.25) is 5.91 Å². The molecule has 2 N–H and O–H groups in total. The Bertz CT molecular complexity index is 578. The van der Waals surface area contributed by atoms with Gasteiger partial charge in [0.25, 0.3) is 0 Å². The number of amides is 1. The van der Waals surface area contributed by atoms with Crippen LogP contribution in [0.3, 0.4) is 0 Å². The van der Waals surface area contributed by atoms with Crippen LogP contribution in [0.1, 0.15) is 36.6 Å². The van der Waals surface area contributed by atoms with Crippen molar-refractivity contribution in [3.05, 3.63) is 17.5 Å². The highest BCUT2D eigenvalue weighted by molar-refractivity contribution is 5.83. The lowest BCUT2D eigenvalue weighted by atomic mass is 9.74. The molecule has 0 aliphatic carbocycles. The maximum absolute atomic E-state index is 12.6. The zero-order chi connectivity index (χ0) is 16.1. The average Bonchev–Trinajstić information content (AvgIpc) is 3.24. The summed E-state index contributed by atoms with van der Waals surface area (Å²) in [7, 11) is 0. The minimum atomic E-state index is -0.467. The number of carbonyl (C=O) groups excluding carboxylic acids is 1. The summed E-state index contributed by atoms with van der Waals surface area (Å²) in [6.45, 7) is 3.37. The van der Waals surface area contributed by atoms with Crippen molar-refractivity contribution in [3.8, 4) is 12.3 Å². The highest BCUT2D eigenvalue weighted by Gasteiger charge is 2.40.